The predicted molar refractivity (Wildman–Crippen MR) is 139 cm³/mol. The second-order valence-electron chi connectivity index (χ2n) is 9.31. The number of nitrogens with one attached hydrogen (secondary N) is 1. The van der Waals surface area contributed by atoms with E-state index in [2.05, 4.69) is 65.7 Å². The Morgan fingerprint density at radius 2 is 1.57 bits per heavy atom. The third-order valence-electron chi connectivity index (χ3n) is 7.09. The highest BCUT2D eigenvalue weighted by atomic mass is 32.2. The molecule has 6 nitrogen and oxygen atoms in total. The second kappa shape index (κ2) is 10.5. The Morgan fingerprint density at radius 3 is 2.31 bits per heavy atom. The molecule has 0 aliphatic carbocycles. The number of hydrogen-bond donors (Lipinski definition) is 1. The van der Waals surface area contributed by atoms with Crippen molar-refractivity contribution >= 4 is 15.7 Å². The number of sulfonamides is 1. The van der Waals surface area contributed by atoms with Crippen LogP contribution >= 0.6 is 0 Å². The van der Waals surface area contributed by atoms with Gasteiger partial charge >= 0.3 is 0 Å². The Morgan fingerprint density at radius 1 is 0.886 bits per heavy atom. The summed E-state index contributed by atoms with van der Waals surface area (Å²) in [7, 11) is -3.46. The summed E-state index contributed by atoms with van der Waals surface area (Å²) in [4.78, 5) is 2.87. The van der Waals surface area contributed by atoms with Gasteiger partial charge < -0.3 is 10.1 Å². The van der Waals surface area contributed by atoms with E-state index < -0.39 is 10.0 Å². The fourth-order valence-corrected chi connectivity index (χ4v) is 6.33. The lowest BCUT2D eigenvalue weighted by atomic mass is 9.93. The van der Waals surface area contributed by atoms with Crippen molar-refractivity contribution in [1.29, 1.82) is 0 Å². The van der Waals surface area contributed by atoms with Crippen LogP contribution in [-0.2, 0) is 34.3 Å². The topological polar surface area (TPSA) is 61.9 Å². The summed E-state index contributed by atoms with van der Waals surface area (Å²) in [5, 5.41) is 3.40. The number of benzene rings is 3. The standard InChI is InChI=1S/C28H33N3O3S/c1-22-28-5-3-2-4-25(28)14-15-30(22)21-24-8-6-23(7-9-24)20-29-26-10-12-27(13-11-26)35(32,33)31-16-18-34-19-17-31/h2-13,22,29H,14-21H2,1H3. The normalized spacial score (nSPS) is 19.3. The van der Waals surface area contributed by atoms with E-state index in [1.165, 1.54) is 26.6 Å². The van der Waals surface area contributed by atoms with E-state index in [9.17, 15) is 8.42 Å². The van der Waals surface area contributed by atoms with Crippen molar-refractivity contribution in [2.45, 2.75) is 37.4 Å². The molecule has 0 amide bonds. The van der Waals surface area contributed by atoms with E-state index in [0.717, 1.165) is 25.2 Å². The van der Waals surface area contributed by atoms with Crippen molar-refractivity contribution in [3.05, 3.63) is 95.1 Å². The molecule has 0 spiro atoms. The molecule has 0 bridgehead atoms. The summed E-state index contributed by atoms with van der Waals surface area (Å²) in [6.45, 7) is 6.72. The molecule has 2 aliphatic heterocycles. The molecule has 184 valence electrons. The van der Waals surface area contributed by atoms with Crippen molar-refractivity contribution in [1.82, 2.24) is 9.21 Å². The summed E-state index contributed by atoms with van der Waals surface area (Å²) < 4.78 is 32.3. The zero-order valence-corrected chi connectivity index (χ0v) is 21.0. The molecular formula is C28H33N3O3S. The SMILES string of the molecule is CC1c2ccccc2CCN1Cc1ccc(CNc2ccc(S(=O)(=O)N3CCOCC3)cc2)cc1. The monoisotopic (exact) mass is 491 g/mol. The van der Waals surface area contributed by atoms with Crippen molar-refractivity contribution in [3.63, 3.8) is 0 Å². The van der Waals surface area contributed by atoms with Crippen LogP contribution < -0.4 is 5.32 Å². The first-order valence-electron chi connectivity index (χ1n) is 12.3. The first kappa shape index (κ1) is 24.0. The summed E-state index contributed by atoms with van der Waals surface area (Å²) in [6.07, 6.45) is 1.11. The van der Waals surface area contributed by atoms with Gasteiger partial charge in [0, 0.05) is 44.5 Å². The van der Waals surface area contributed by atoms with Crippen molar-refractivity contribution in [2.75, 3.05) is 38.2 Å². The third kappa shape index (κ3) is 5.43. The Bertz CT molecular complexity index is 1240. The van der Waals surface area contributed by atoms with Gasteiger partial charge in [0.25, 0.3) is 0 Å². The van der Waals surface area contributed by atoms with Gasteiger partial charge in [-0.1, -0.05) is 48.5 Å². The molecule has 2 aliphatic rings. The molecule has 7 heteroatoms. The Hall–Kier alpha value is -2.71. The van der Waals surface area contributed by atoms with E-state index in [0.29, 0.717) is 43.8 Å². The second-order valence-corrected chi connectivity index (χ2v) is 11.2. The van der Waals surface area contributed by atoms with Crippen LogP contribution in [0.3, 0.4) is 0 Å². The van der Waals surface area contributed by atoms with Gasteiger partial charge in [-0.25, -0.2) is 8.42 Å². The van der Waals surface area contributed by atoms with Crippen LogP contribution in [0.15, 0.2) is 77.7 Å². The zero-order valence-electron chi connectivity index (χ0n) is 20.2. The Kier molecular flexibility index (Phi) is 7.20. The van der Waals surface area contributed by atoms with Gasteiger partial charge in [0.05, 0.1) is 18.1 Å². The van der Waals surface area contributed by atoms with E-state index in [4.69, 9.17) is 4.74 Å². The lowest BCUT2D eigenvalue weighted by Crippen LogP contribution is -2.40. The Balaban J connectivity index is 1.15. The molecule has 1 atom stereocenters. The van der Waals surface area contributed by atoms with Crippen LogP contribution in [0, 0.1) is 0 Å². The van der Waals surface area contributed by atoms with Crippen molar-refractivity contribution in [3.8, 4) is 0 Å². The number of nitrogens with zero attached hydrogens (tertiary/aromatic N) is 2. The van der Waals surface area contributed by atoms with Crippen LogP contribution in [0.2, 0.25) is 0 Å². The molecule has 2 heterocycles. The number of rotatable bonds is 7. The van der Waals surface area contributed by atoms with Crippen LogP contribution in [-0.4, -0.2) is 50.5 Å². The molecule has 5 rings (SSSR count). The quantitative estimate of drug-likeness (QED) is 0.530. The van der Waals surface area contributed by atoms with Crippen LogP contribution in [0.5, 0.6) is 0 Å². The number of anilines is 1. The van der Waals surface area contributed by atoms with Gasteiger partial charge in [-0.15, -0.1) is 0 Å². The highest BCUT2D eigenvalue weighted by Gasteiger charge is 2.26. The average Bonchev–Trinajstić information content (AvgIpc) is 2.91. The van der Waals surface area contributed by atoms with Crippen LogP contribution in [0.1, 0.15) is 35.2 Å². The maximum absolute atomic E-state index is 12.8. The zero-order chi connectivity index (χ0) is 24.3. The molecule has 3 aromatic rings. The minimum atomic E-state index is -3.46. The first-order valence-corrected chi connectivity index (χ1v) is 13.8. The predicted octanol–water partition coefficient (Wildman–Crippen LogP) is 4.44. The average molecular weight is 492 g/mol. The highest BCUT2D eigenvalue weighted by Crippen LogP contribution is 2.30. The van der Waals surface area contributed by atoms with E-state index in [1.54, 1.807) is 12.1 Å². The van der Waals surface area contributed by atoms with Crippen molar-refractivity contribution < 1.29 is 13.2 Å². The largest absolute Gasteiger partial charge is 0.381 e. The summed E-state index contributed by atoms with van der Waals surface area (Å²) in [5.74, 6) is 0. The molecule has 0 aromatic heterocycles. The van der Waals surface area contributed by atoms with Gasteiger partial charge in [-0.3, -0.25) is 4.90 Å². The van der Waals surface area contributed by atoms with Gasteiger partial charge in [0.1, 0.15) is 0 Å². The van der Waals surface area contributed by atoms with Crippen LogP contribution in [0.4, 0.5) is 5.69 Å². The molecular weight excluding hydrogens is 458 g/mol. The fourth-order valence-electron chi connectivity index (χ4n) is 4.92. The van der Waals surface area contributed by atoms with E-state index in [1.807, 2.05) is 12.1 Å². The lowest BCUT2D eigenvalue weighted by Gasteiger charge is -2.35. The van der Waals surface area contributed by atoms with Gasteiger partial charge in [0.2, 0.25) is 10.0 Å². The minimum absolute atomic E-state index is 0.323. The molecule has 1 unspecified atom stereocenters. The number of hydrogen-bond acceptors (Lipinski definition) is 5. The third-order valence-corrected chi connectivity index (χ3v) is 9.00. The molecule has 35 heavy (non-hydrogen) atoms. The van der Waals surface area contributed by atoms with E-state index >= 15 is 0 Å². The molecule has 0 radical (unpaired) electrons. The molecule has 0 saturated carbocycles. The summed E-state index contributed by atoms with van der Waals surface area (Å²) >= 11 is 0. The number of fused-ring (bicyclic) bond motifs is 1. The van der Waals surface area contributed by atoms with E-state index in [-0.39, 0.29) is 0 Å². The number of morpholine rings is 1. The van der Waals surface area contributed by atoms with Gasteiger partial charge in [0.15, 0.2) is 0 Å². The van der Waals surface area contributed by atoms with Crippen molar-refractivity contribution in [2.24, 2.45) is 0 Å². The highest BCUT2D eigenvalue weighted by molar-refractivity contribution is 7.89. The molecule has 1 saturated heterocycles. The maximum Gasteiger partial charge on any atom is 0.243 e. The molecule has 1 fully saturated rings. The lowest BCUT2D eigenvalue weighted by molar-refractivity contribution is 0.0730. The number of ether oxygens (including phenoxy) is 1. The fraction of sp³-hybridized carbons (Fsp3) is 0.357. The summed E-state index contributed by atoms with van der Waals surface area (Å²) in [6, 6.07) is 25.0. The van der Waals surface area contributed by atoms with Gasteiger partial charge in [-0.05, 0) is 59.9 Å². The molecule has 3 aromatic carbocycles. The summed E-state index contributed by atoms with van der Waals surface area (Å²) in [5.41, 5.74) is 6.33. The first-order chi connectivity index (χ1) is 17.0. The van der Waals surface area contributed by atoms with Crippen LogP contribution in [0.25, 0.3) is 0 Å². The molecule has 1 N–H and O–H groups in total. The Labute approximate surface area is 208 Å². The maximum atomic E-state index is 12.8. The smallest absolute Gasteiger partial charge is 0.243 e. The van der Waals surface area contributed by atoms with Gasteiger partial charge in [-0.2, -0.15) is 4.31 Å². The minimum Gasteiger partial charge on any atom is -0.381 e.